The lowest BCUT2D eigenvalue weighted by Crippen LogP contribution is -1.96. The van der Waals surface area contributed by atoms with Crippen LogP contribution in [0.2, 0.25) is 0 Å². The molecule has 1 aromatic carbocycles. The van der Waals surface area contributed by atoms with Crippen LogP contribution < -0.4 is 9.47 Å². The van der Waals surface area contributed by atoms with Crippen molar-refractivity contribution in [1.82, 2.24) is 10.2 Å². The van der Waals surface area contributed by atoms with Gasteiger partial charge in [-0.15, -0.1) is 10.2 Å². The number of thioether (sulfide) groups is 1. The summed E-state index contributed by atoms with van der Waals surface area (Å²) in [5.74, 6) is 0.508. The Bertz CT molecular complexity index is 1000. The van der Waals surface area contributed by atoms with Crippen molar-refractivity contribution >= 4 is 55.7 Å². The lowest BCUT2D eigenvalue weighted by Gasteiger charge is -2.05. The largest absolute Gasteiger partial charge is 0.497 e. The average molecular weight is 532 g/mol. The Hall–Kier alpha value is -2.24. The first-order valence-corrected chi connectivity index (χ1v) is 9.94. The fraction of sp³-hybridized carbons (Fsp3) is 0.118. The highest BCUT2D eigenvalue weighted by Crippen LogP contribution is 2.34. The van der Waals surface area contributed by atoms with Crippen molar-refractivity contribution in [1.29, 1.82) is 0 Å². The van der Waals surface area contributed by atoms with E-state index in [1.165, 1.54) is 20.3 Å². The van der Waals surface area contributed by atoms with Crippen LogP contribution in [0.1, 0.15) is 5.76 Å². The number of aromatic nitrogens is 2. The molecule has 0 aliphatic rings. The van der Waals surface area contributed by atoms with E-state index < -0.39 is 5.97 Å². The Balaban J connectivity index is 1.87. The Morgan fingerprint density at radius 2 is 1.79 bits per heavy atom. The van der Waals surface area contributed by atoms with Crippen LogP contribution in [0.4, 0.5) is 0 Å². The zero-order chi connectivity index (χ0) is 20.3. The maximum absolute atomic E-state index is 11.6. The minimum atomic E-state index is -1.16. The van der Waals surface area contributed by atoms with Crippen LogP contribution >= 0.6 is 43.6 Å². The SMILES string of the molecule is COc1cc(OC)cc(-c2nnc(S/C(=C\c3cc(Br)c(Br)o3)C(=O)O)o2)c1. The molecule has 2 aromatic heterocycles. The van der Waals surface area contributed by atoms with Crippen LogP contribution in [0.5, 0.6) is 11.5 Å². The number of benzene rings is 1. The fourth-order valence-electron chi connectivity index (χ4n) is 2.09. The van der Waals surface area contributed by atoms with Gasteiger partial charge in [0.2, 0.25) is 5.89 Å². The third kappa shape index (κ3) is 4.78. The number of methoxy groups -OCH3 is 2. The summed E-state index contributed by atoms with van der Waals surface area (Å²) in [6, 6.07) is 6.75. The second-order valence-corrected chi connectivity index (χ2v) is 7.73. The van der Waals surface area contributed by atoms with Crippen LogP contribution in [-0.4, -0.2) is 35.5 Å². The number of hydrogen-bond acceptors (Lipinski definition) is 8. The molecule has 0 atom stereocenters. The van der Waals surface area contributed by atoms with E-state index in [4.69, 9.17) is 18.3 Å². The summed E-state index contributed by atoms with van der Waals surface area (Å²) < 4.78 is 22.5. The van der Waals surface area contributed by atoms with Gasteiger partial charge in [0, 0.05) is 17.7 Å². The van der Waals surface area contributed by atoms with E-state index >= 15 is 0 Å². The quantitative estimate of drug-likeness (QED) is 0.329. The van der Waals surface area contributed by atoms with Gasteiger partial charge in [0.15, 0.2) is 4.67 Å². The summed E-state index contributed by atoms with van der Waals surface area (Å²) in [5, 5.41) is 17.4. The molecule has 8 nitrogen and oxygen atoms in total. The first-order chi connectivity index (χ1) is 13.4. The second-order valence-electron chi connectivity index (χ2n) is 5.16. The molecule has 2 heterocycles. The molecule has 0 saturated heterocycles. The highest BCUT2D eigenvalue weighted by atomic mass is 79.9. The van der Waals surface area contributed by atoms with Crippen molar-refractivity contribution in [3.63, 3.8) is 0 Å². The molecule has 0 saturated carbocycles. The summed E-state index contributed by atoms with van der Waals surface area (Å²) >= 11 is 7.29. The van der Waals surface area contributed by atoms with Crippen LogP contribution in [0.15, 0.2) is 52.4 Å². The summed E-state index contributed by atoms with van der Waals surface area (Å²) in [6.45, 7) is 0. The van der Waals surface area contributed by atoms with Gasteiger partial charge < -0.3 is 23.4 Å². The summed E-state index contributed by atoms with van der Waals surface area (Å²) in [6.07, 6.45) is 1.36. The average Bonchev–Trinajstić information content (AvgIpc) is 3.27. The third-order valence-corrected chi connectivity index (χ3v) is 5.91. The molecule has 3 rings (SSSR count). The van der Waals surface area contributed by atoms with E-state index in [0.29, 0.717) is 32.0 Å². The van der Waals surface area contributed by atoms with Gasteiger partial charge in [-0.05, 0) is 61.8 Å². The maximum Gasteiger partial charge on any atom is 0.342 e. The molecule has 0 aliphatic carbocycles. The molecule has 0 spiro atoms. The van der Waals surface area contributed by atoms with E-state index in [1.54, 1.807) is 24.3 Å². The molecule has 28 heavy (non-hydrogen) atoms. The number of nitrogens with zero attached hydrogens (tertiary/aromatic N) is 2. The number of carboxylic acid groups (broad SMARTS) is 1. The molecule has 0 amide bonds. The molecule has 0 unspecified atom stereocenters. The molecular formula is C17H12Br2N2O6S. The fourth-order valence-corrected chi connectivity index (χ4v) is 3.35. The van der Waals surface area contributed by atoms with Gasteiger partial charge in [-0.2, -0.15) is 0 Å². The highest BCUT2D eigenvalue weighted by molar-refractivity contribution is 9.13. The van der Waals surface area contributed by atoms with Crippen molar-refractivity contribution in [2.24, 2.45) is 0 Å². The van der Waals surface area contributed by atoms with E-state index in [9.17, 15) is 9.90 Å². The third-order valence-electron chi connectivity index (χ3n) is 3.35. The number of rotatable bonds is 7. The summed E-state index contributed by atoms with van der Waals surface area (Å²) in [7, 11) is 3.06. The normalized spacial score (nSPS) is 11.5. The first kappa shape index (κ1) is 20.5. The molecular weight excluding hydrogens is 520 g/mol. The van der Waals surface area contributed by atoms with Crippen molar-refractivity contribution in [2.45, 2.75) is 5.22 Å². The van der Waals surface area contributed by atoms with E-state index in [-0.39, 0.29) is 16.0 Å². The van der Waals surface area contributed by atoms with Crippen LogP contribution in [-0.2, 0) is 4.79 Å². The molecule has 11 heteroatoms. The molecule has 0 radical (unpaired) electrons. The first-order valence-electron chi connectivity index (χ1n) is 7.54. The number of ether oxygens (including phenoxy) is 2. The van der Waals surface area contributed by atoms with Gasteiger partial charge in [0.1, 0.15) is 22.2 Å². The Labute approximate surface area is 180 Å². The molecule has 0 fully saturated rings. The number of hydrogen-bond donors (Lipinski definition) is 1. The number of aliphatic carboxylic acids is 1. The van der Waals surface area contributed by atoms with Crippen molar-refractivity contribution in [3.05, 3.63) is 44.1 Å². The predicted octanol–water partition coefficient (Wildman–Crippen LogP) is 5.09. The lowest BCUT2D eigenvalue weighted by atomic mass is 10.2. The van der Waals surface area contributed by atoms with E-state index in [0.717, 1.165) is 11.8 Å². The van der Waals surface area contributed by atoms with Crippen molar-refractivity contribution in [2.75, 3.05) is 14.2 Å². The minimum absolute atomic E-state index is 0.0489. The minimum Gasteiger partial charge on any atom is -0.497 e. The van der Waals surface area contributed by atoms with Gasteiger partial charge in [0.25, 0.3) is 5.22 Å². The predicted molar refractivity (Wildman–Crippen MR) is 108 cm³/mol. The van der Waals surface area contributed by atoms with Gasteiger partial charge >= 0.3 is 5.97 Å². The molecule has 0 aliphatic heterocycles. The molecule has 3 aromatic rings. The molecule has 1 N–H and O–H groups in total. The number of carboxylic acids is 1. The maximum atomic E-state index is 11.6. The monoisotopic (exact) mass is 530 g/mol. The highest BCUT2D eigenvalue weighted by Gasteiger charge is 2.18. The molecule has 0 bridgehead atoms. The van der Waals surface area contributed by atoms with Gasteiger partial charge in [0.05, 0.1) is 18.7 Å². The lowest BCUT2D eigenvalue weighted by molar-refractivity contribution is -0.131. The van der Waals surface area contributed by atoms with E-state index in [1.807, 2.05) is 0 Å². The Morgan fingerprint density at radius 1 is 1.11 bits per heavy atom. The molecule has 146 valence electrons. The smallest absolute Gasteiger partial charge is 0.342 e. The topological polar surface area (TPSA) is 108 Å². The standard InChI is InChI=1S/C17H12Br2N2O6S/c1-24-9-3-8(4-10(5-9)25-2)15-20-21-17(27-15)28-13(16(22)23)7-11-6-12(18)14(19)26-11/h3-7H,1-2H3,(H,22,23)/b13-7-. The number of carbonyl (C=O) groups is 1. The Morgan fingerprint density at radius 3 is 2.32 bits per heavy atom. The van der Waals surface area contributed by atoms with E-state index in [2.05, 4.69) is 42.1 Å². The van der Waals surface area contributed by atoms with Crippen molar-refractivity contribution in [3.8, 4) is 23.0 Å². The van der Waals surface area contributed by atoms with Crippen LogP contribution in [0.3, 0.4) is 0 Å². The van der Waals surface area contributed by atoms with Crippen LogP contribution in [0.25, 0.3) is 17.5 Å². The van der Waals surface area contributed by atoms with Crippen LogP contribution in [0, 0.1) is 0 Å². The number of halogens is 2. The van der Waals surface area contributed by atoms with Gasteiger partial charge in [-0.3, -0.25) is 0 Å². The van der Waals surface area contributed by atoms with Gasteiger partial charge in [-0.1, -0.05) is 0 Å². The Kier molecular flexibility index (Phi) is 6.47. The number of furan rings is 1. The zero-order valence-electron chi connectivity index (χ0n) is 14.4. The summed E-state index contributed by atoms with van der Waals surface area (Å²) in [4.78, 5) is 11.5. The second kappa shape index (κ2) is 8.84. The van der Waals surface area contributed by atoms with Crippen molar-refractivity contribution < 1.29 is 28.2 Å². The summed E-state index contributed by atoms with van der Waals surface area (Å²) in [5.41, 5.74) is 0.579. The zero-order valence-corrected chi connectivity index (χ0v) is 18.4. The van der Waals surface area contributed by atoms with Gasteiger partial charge in [-0.25, -0.2) is 4.79 Å².